The lowest BCUT2D eigenvalue weighted by molar-refractivity contribution is -0.142. The van der Waals surface area contributed by atoms with Crippen molar-refractivity contribution in [3.05, 3.63) is 18.0 Å². The molecule has 0 bridgehead atoms. The fraction of sp³-hybridized carbons (Fsp3) is 0.545. The second-order valence-electron chi connectivity index (χ2n) is 4.65. The summed E-state index contributed by atoms with van der Waals surface area (Å²) >= 11 is 0. The van der Waals surface area contributed by atoms with Gasteiger partial charge in [-0.25, -0.2) is 0 Å². The average molecular weight is 247 g/mol. The minimum absolute atomic E-state index is 0.119. The molecule has 1 aromatic rings. The fourth-order valence-electron chi connectivity index (χ4n) is 2.67. The van der Waals surface area contributed by atoms with Gasteiger partial charge in [-0.15, -0.1) is 10.2 Å². The maximum Gasteiger partial charge on any atom is 0.234 e. The van der Waals surface area contributed by atoms with Crippen LogP contribution in [0.1, 0.15) is 31.6 Å². The third-order valence-electron chi connectivity index (χ3n) is 3.66. The van der Waals surface area contributed by atoms with Crippen LogP contribution in [0.3, 0.4) is 0 Å². The molecule has 1 fully saturated rings. The van der Waals surface area contributed by atoms with E-state index < -0.39 is 6.04 Å². The highest BCUT2D eigenvalue weighted by Crippen LogP contribution is 2.38. The number of carbonyl (C=O) groups is 2. The molecule has 1 N–H and O–H groups in total. The van der Waals surface area contributed by atoms with Crippen molar-refractivity contribution in [1.29, 1.82) is 0 Å². The van der Waals surface area contributed by atoms with Crippen LogP contribution in [-0.4, -0.2) is 37.3 Å². The van der Waals surface area contributed by atoms with Gasteiger partial charge >= 0.3 is 0 Å². The highest BCUT2D eigenvalue weighted by molar-refractivity contribution is 6.05. The summed E-state index contributed by atoms with van der Waals surface area (Å²) in [4.78, 5) is 25.8. The van der Waals surface area contributed by atoms with E-state index >= 15 is 0 Å². The highest BCUT2D eigenvalue weighted by Gasteiger charge is 2.49. The van der Waals surface area contributed by atoms with Crippen molar-refractivity contribution in [2.45, 2.75) is 25.8 Å². The predicted molar refractivity (Wildman–Crippen MR) is 59.8 cm³/mol. The lowest BCUT2D eigenvalue weighted by Crippen LogP contribution is -2.34. The van der Waals surface area contributed by atoms with Gasteiger partial charge in [-0.2, -0.15) is 5.21 Å². The SMILES string of the molecule is CC(c1nn[nH]n1)N1C(=O)C2CC=CCC2C1=O. The maximum atomic E-state index is 12.3. The molecule has 3 unspecified atom stereocenters. The number of carbonyl (C=O) groups excluding carboxylic acids is 2. The van der Waals surface area contributed by atoms with Crippen LogP contribution in [0, 0.1) is 11.8 Å². The number of hydrogen-bond donors (Lipinski definition) is 1. The van der Waals surface area contributed by atoms with Crippen LogP contribution >= 0.6 is 0 Å². The molecule has 7 heteroatoms. The predicted octanol–water partition coefficient (Wildman–Crippen LogP) is 0.212. The number of hydrogen-bond acceptors (Lipinski definition) is 5. The third-order valence-corrected chi connectivity index (χ3v) is 3.66. The molecule has 18 heavy (non-hydrogen) atoms. The smallest absolute Gasteiger partial charge is 0.234 e. The summed E-state index contributed by atoms with van der Waals surface area (Å²) in [7, 11) is 0. The Balaban J connectivity index is 1.90. The van der Waals surface area contributed by atoms with Crippen LogP contribution in [0.15, 0.2) is 12.2 Å². The Morgan fingerprint density at radius 1 is 1.28 bits per heavy atom. The molecule has 1 saturated heterocycles. The van der Waals surface area contributed by atoms with E-state index in [-0.39, 0.29) is 23.7 Å². The van der Waals surface area contributed by atoms with Gasteiger partial charge in [0.1, 0.15) is 6.04 Å². The molecule has 3 rings (SSSR count). The van der Waals surface area contributed by atoms with Gasteiger partial charge in [0.05, 0.1) is 11.8 Å². The molecule has 2 heterocycles. The number of amides is 2. The first-order valence-corrected chi connectivity index (χ1v) is 5.95. The number of aromatic amines is 1. The molecule has 0 saturated carbocycles. The van der Waals surface area contributed by atoms with Crippen LogP contribution in [0.5, 0.6) is 0 Å². The number of fused-ring (bicyclic) bond motifs is 1. The summed E-state index contributed by atoms with van der Waals surface area (Å²) in [6.45, 7) is 1.74. The number of nitrogens with zero attached hydrogens (tertiary/aromatic N) is 4. The zero-order valence-corrected chi connectivity index (χ0v) is 9.91. The molecular formula is C11H13N5O2. The number of H-pyrrole nitrogens is 1. The second kappa shape index (κ2) is 4.01. The van der Waals surface area contributed by atoms with Crippen LogP contribution in [0.25, 0.3) is 0 Å². The van der Waals surface area contributed by atoms with Gasteiger partial charge in [0.2, 0.25) is 11.8 Å². The second-order valence-corrected chi connectivity index (χ2v) is 4.65. The summed E-state index contributed by atoms with van der Waals surface area (Å²) in [5, 5.41) is 13.5. The number of likely N-dealkylation sites (tertiary alicyclic amines) is 1. The van der Waals surface area contributed by atoms with E-state index in [0.29, 0.717) is 18.7 Å². The van der Waals surface area contributed by atoms with Crippen molar-refractivity contribution >= 4 is 11.8 Å². The molecule has 1 aliphatic carbocycles. The molecule has 0 radical (unpaired) electrons. The normalized spacial score (nSPS) is 28.6. The molecule has 2 amide bonds. The molecular weight excluding hydrogens is 234 g/mol. The molecule has 0 aromatic carbocycles. The van der Waals surface area contributed by atoms with Crippen LogP contribution < -0.4 is 0 Å². The molecule has 7 nitrogen and oxygen atoms in total. The van der Waals surface area contributed by atoms with E-state index in [1.807, 2.05) is 12.2 Å². The number of imide groups is 1. The van der Waals surface area contributed by atoms with E-state index in [1.165, 1.54) is 4.90 Å². The topological polar surface area (TPSA) is 91.8 Å². The maximum absolute atomic E-state index is 12.3. The summed E-state index contributed by atoms with van der Waals surface area (Å²) in [5.41, 5.74) is 0. The summed E-state index contributed by atoms with van der Waals surface area (Å²) in [6.07, 6.45) is 5.22. The molecule has 94 valence electrons. The Labute approximate surface area is 103 Å². The monoisotopic (exact) mass is 247 g/mol. The third kappa shape index (κ3) is 1.47. The Kier molecular flexibility index (Phi) is 2.46. The first kappa shape index (κ1) is 11.1. The van der Waals surface area contributed by atoms with Crippen molar-refractivity contribution in [3.63, 3.8) is 0 Å². The van der Waals surface area contributed by atoms with E-state index in [1.54, 1.807) is 6.92 Å². The Morgan fingerprint density at radius 3 is 2.39 bits per heavy atom. The minimum atomic E-state index is -0.464. The largest absolute Gasteiger partial charge is 0.274 e. The Hall–Kier alpha value is -2.05. The first-order chi connectivity index (χ1) is 8.70. The Bertz CT molecular complexity index is 484. The minimum Gasteiger partial charge on any atom is -0.274 e. The van der Waals surface area contributed by atoms with Gasteiger partial charge in [0.25, 0.3) is 0 Å². The lowest BCUT2D eigenvalue weighted by Gasteiger charge is -2.19. The number of allylic oxidation sites excluding steroid dienone is 2. The molecule has 1 aliphatic heterocycles. The molecule has 0 spiro atoms. The van der Waals surface area contributed by atoms with Gasteiger partial charge < -0.3 is 0 Å². The van der Waals surface area contributed by atoms with Crippen LogP contribution in [0.4, 0.5) is 0 Å². The number of aromatic nitrogens is 4. The first-order valence-electron chi connectivity index (χ1n) is 5.95. The number of nitrogens with one attached hydrogen (secondary N) is 1. The highest BCUT2D eigenvalue weighted by atomic mass is 16.2. The van der Waals surface area contributed by atoms with Gasteiger partial charge in [-0.3, -0.25) is 14.5 Å². The molecule has 2 aliphatic rings. The van der Waals surface area contributed by atoms with E-state index in [0.717, 1.165) is 0 Å². The van der Waals surface area contributed by atoms with Gasteiger partial charge in [0.15, 0.2) is 5.82 Å². The van der Waals surface area contributed by atoms with E-state index in [2.05, 4.69) is 20.6 Å². The summed E-state index contributed by atoms with van der Waals surface area (Å²) < 4.78 is 0. The average Bonchev–Trinajstić information content (AvgIpc) is 2.99. The van der Waals surface area contributed by atoms with Gasteiger partial charge in [-0.1, -0.05) is 17.4 Å². The van der Waals surface area contributed by atoms with Crippen LogP contribution in [-0.2, 0) is 9.59 Å². The van der Waals surface area contributed by atoms with E-state index in [4.69, 9.17) is 0 Å². The van der Waals surface area contributed by atoms with Crippen LogP contribution in [0.2, 0.25) is 0 Å². The lowest BCUT2D eigenvalue weighted by atomic mass is 9.85. The number of rotatable bonds is 2. The van der Waals surface area contributed by atoms with Gasteiger partial charge in [-0.05, 0) is 19.8 Å². The van der Waals surface area contributed by atoms with Crippen molar-refractivity contribution in [1.82, 2.24) is 25.5 Å². The molecule has 1 aromatic heterocycles. The zero-order chi connectivity index (χ0) is 12.7. The fourth-order valence-corrected chi connectivity index (χ4v) is 2.67. The van der Waals surface area contributed by atoms with Crippen molar-refractivity contribution in [2.75, 3.05) is 0 Å². The Morgan fingerprint density at radius 2 is 1.89 bits per heavy atom. The standard InChI is InChI=1S/C11H13N5O2/c1-6(9-12-14-15-13-9)16-10(17)7-4-2-3-5-8(7)11(16)18/h2-3,6-8H,4-5H2,1H3,(H,12,13,14,15). The zero-order valence-electron chi connectivity index (χ0n) is 9.91. The van der Waals surface area contributed by atoms with E-state index in [9.17, 15) is 9.59 Å². The summed E-state index contributed by atoms with van der Waals surface area (Å²) in [6, 6.07) is -0.464. The van der Waals surface area contributed by atoms with Crippen molar-refractivity contribution in [2.24, 2.45) is 11.8 Å². The van der Waals surface area contributed by atoms with Crippen molar-refractivity contribution in [3.8, 4) is 0 Å². The quantitative estimate of drug-likeness (QED) is 0.596. The number of tetrazole rings is 1. The summed E-state index contributed by atoms with van der Waals surface area (Å²) in [5.74, 6) is -0.296. The van der Waals surface area contributed by atoms with Gasteiger partial charge in [0, 0.05) is 0 Å². The van der Waals surface area contributed by atoms with Crippen molar-refractivity contribution < 1.29 is 9.59 Å². The molecule has 3 atom stereocenters.